The van der Waals surface area contributed by atoms with Crippen LogP contribution in [0.1, 0.15) is 15.9 Å². The van der Waals surface area contributed by atoms with E-state index in [0.29, 0.717) is 28.3 Å². The van der Waals surface area contributed by atoms with Crippen LogP contribution in [-0.2, 0) is 0 Å². The van der Waals surface area contributed by atoms with E-state index in [9.17, 15) is 9.18 Å². The third-order valence-corrected chi connectivity index (χ3v) is 3.63. The van der Waals surface area contributed by atoms with E-state index in [2.05, 4.69) is 21.2 Å². The predicted octanol–water partition coefficient (Wildman–Crippen LogP) is 3.74. The first-order valence-corrected chi connectivity index (χ1v) is 6.92. The van der Waals surface area contributed by atoms with E-state index < -0.39 is 0 Å². The number of amides is 1. The second-order valence-corrected chi connectivity index (χ2v) is 5.34. The molecule has 0 bridgehead atoms. The summed E-state index contributed by atoms with van der Waals surface area (Å²) >= 11 is 3.09. The van der Waals surface area contributed by atoms with Crippen LogP contribution >= 0.6 is 15.9 Å². The zero-order chi connectivity index (χ0) is 15.6. The van der Waals surface area contributed by atoms with Crippen molar-refractivity contribution in [1.29, 1.82) is 0 Å². The summed E-state index contributed by atoms with van der Waals surface area (Å²) in [5.41, 5.74) is 7.61. The summed E-state index contributed by atoms with van der Waals surface area (Å²) in [5.74, 6) is -0.170. The zero-order valence-corrected chi connectivity index (χ0v) is 13.1. The molecular weight excluding hydrogens is 339 g/mol. The predicted molar refractivity (Wildman–Crippen MR) is 84.2 cm³/mol. The van der Waals surface area contributed by atoms with E-state index in [1.807, 2.05) is 0 Å². The number of halogens is 2. The number of nitrogen functional groups attached to an aromatic ring is 1. The van der Waals surface area contributed by atoms with E-state index >= 15 is 0 Å². The van der Waals surface area contributed by atoms with Crippen molar-refractivity contribution in [3.8, 4) is 5.75 Å². The maximum Gasteiger partial charge on any atom is 0.257 e. The van der Waals surface area contributed by atoms with Gasteiger partial charge in [0.05, 0.1) is 17.1 Å². The fourth-order valence-electron chi connectivity index (χ4n) is 1.85. The fourth-order valence-corrected chi connectivity index (χ4v) is 2.19. The maximum absolute atomic E-state index is 13.4. The summed E-state index contributed by atoms with van der Waals surface area (Å²) < 4.78 is 18.7. The summed E-state index contributed by atoms with van der Waals surface area (Å²) in [6.45, 7) is 1.71. The van der Waals surface area contributed by atoms with Gasteiger partial charge in [0.1, 0.15) is 11.6 Å². The van der Waals surface area contributed by atoms with Crippen LogP contribution in [0, 0.1) is 12.7 Å². The van der Waals surface area contributed by atoms with Gasteiger partial charge in [-0.25, -0.2) is 4.39 Å². The highest BCUT2D eigenvalue weighted by Gasteiger charge is 2.13. The molecule has 110 valence electrons. The van der Waals surface area contributed by atoms with E-state index in [1.165, 1.54) is 19.2 Å². The molecule has 2 aromatic rings. The molecule has 0 heterocycles. The molecule has 0 atom stereocenters. The van der Waals surface area contributed by atoms with Crippen LogP contribution in [0.4, 0.5) is 15.8 Å². The first-order chi connectivity index (χ1) is 9.92. The Morgan fingerprint density at radius 1 is 1.33 bits per heavy atom. The average Bonchev–Trinajstić information content (AvgIpc) is 2.44. The highest BCUT2D eigenvalue weighted by Crippen LogP contribution is 2.26. The number of ether oxygens (including phenoxy) is 1. The lowest BCUT2D eigenvalue weighted by atomic mass is 10.1. The van der Waals surface area contributed by atoms with E-state index in [1.54, 1.807) is 25.1 Å². The van der Waals surface area contributed by atoms with Crippen molar-refractivity contribution in [3.05, 3.63) is 51.7 Å². The molecule has 0 aliphatic carbocycles. The topological polar surface area (TPSA) is 64.3 Å². The third kappa shape index (κ3) is 3.33. The molecule has 0 saturated heterocycles. The summed E-state index contributed by atoms with van der Waals surface area (Å²) in [7, 11) is 1.52. The van der Waals surface area contributed by atoms with Crippen molar-refractivity contribution >= 4 is 33.2 Å². The average molecular weight is 353 g/mol. The number of carbonyl (C=O) groups excluding carboxylic acids is 1. The molecule has 21 heavy (non-hydrogen) atoms. The highest BCUT2D eigenvalue weighted by atomic mass is 79.9. The second-order valence-electron chi connectivity index (χ2n) is 4.49. The highest BCUT2D eigenvalue weighted by molar-refractivity contribution is 9.10. The number of methoxy groups -OCH3 is 1. The van der Waals surface area contributed by atoms with Gasteiger partial charge >= 0.3 is 0 Å². The Labute approximate surface area is 130 Å². The molecule has 6 heteroatoms. The molecule has 0 fully saturated rings. The first kappa shape index (κ1) is 15.3. The molecule has 0 aliphatic rings. The number of hydrogen-bond acceptors (Lipinski definition) is 3. The van der Waals surface area contributed by atoms with Gasteiger partial charge in [-0.05, 0) is 52.7 Å². The van der Waals surface area contributed by atoms with Crippen LogP contribution in [0.3, 0.4) is 0 Å². The van der Waals surface area contributed by atoms with Crippen LogP contribution in [0.2, 0.25) is 0 Å². The van der Waals surface area contributed by atoms with Crippen LogP contribution in [0.5, 0.6) is 5.75 Å². The Hall–Kier alpha value is -2.08. The minimum Gasteiger partial charge on any atom is -0.497 e. The van der Waals surface area contributed by atoms with Crippen molar-refractivity contribution in [2.45, 2.75) is 6.92 Å². The zero-order valence-electron chi connectivity index (χ0n) is 11.5. The number of nitrogens with one attached hydrogen (secondary N) is 1. The largest absolute Gasteiger partial charge is 0.497 e. The summed E-state index contributed by atoms with van der Waals surface area (Å²) in [6.07, 6.45) is 0. The van der Waals surface area contributed by atoms with E-state index in [0.717, 1.165) is 0 Å². The third-order valence-electron chi connectivity index (χ3n) is 3.02. The number of aryl methyl sites for hydroxylation is 1. The smallest absolute Gasteiger partial charge is 0.257 e. The normalized spacial score (nSPS) is 10.3. The first-order valence-electron chi connectivity index (χ1n) is 6.13. The molecule has 2 rings (SSSR count). The van der Waals surface area contributed by atoms with Gasteiger partial charge in [-0.1, -0.05) is 0 Å². The van der Waals surface area contributed by atoms with Gasteiger partial charge in [-0.15, -0.1) is 0 Å². The van der Waals surface area contributed by atoms with Gasteiger partial charge in [-0.3, -0.25) is 4.79 Å². The summed E-state index contributed by atoms with van der Waals surface area (Å²) in [6, 6.07) is 7.66. The monoisotopic (exact) mass is 352 g/mol. The van der Waals surface area contributed by atoms with Gasteiger partial charge in [-0.2, -0.15) is 0 Å². The van der Waals surface area contributed by atoms with E-state index in [-0.39, 0.29) is 16.2 Å². The Bertz CT molecular complexity index is 704. The minimum atomic E-state index is -0.380. The molecule has 0 radical (unpaired) electrons. The van der Waals surface area contributed by atoms with Gasteiger partial charge in [0, 0.05) is 17.4 Å². The fraction of sp³-hybridized carbons (Fsp3) is 0.133. The molecule has 0 unspecified atom stereocenters. The Kier molecular flexibility index (Phi) is 4.47. The lowest BCUT2D eigenvalue weighted by Gasteiger charge is -2.11. The Morgan fingerprint density at radius 3 is 2.67 bits per heavy atom. The lowest BCUT2D eigenvalue weighted by Crippen LogP contribution is -2.15. The number of anilines is 2. The Balaban J connectivity index is 2.28. The summed E-state index contributed by atoms with van der Waals surface area (Å²) in [5, 5.41) is 2.72. The molecule has 2 aromatic carbocycles. The van der Waals surface area contributed by atoms with Crippen LogP contribution < -0.4 is 15.8 Å². The van der Waals surface area contributed by atoms with Crippen LogP contribution in [0.15, 0.2) is 34.8 Å². The van der Waals surface area contributed by atoms with Crippen LogP contribution in [-0.4, -0.2) is 13.0 Å². The van der Waals surface area contributed by atoms with Crippen molar-refractivity contribution in [2.24, 2.45) is 0 Å². The quantitative estimate of drug-likeness (QED) is 0.827. The number of carbonyl (C=O) groups is 1. The molecule has 1 amide bonds. The molecule has 0 spiro atoms. The second kappa shape index (κ2) is 6.13. The van der Waals surface area contributed by atoms with Gasteiger partial charge in [0.25, 0.3) is 5.91 Å². The number of rotatable bonds is 3. The molecule has 4 nitrogen and oxygen atoms in total. The van der Waals surface area contributed by atoms with Crippen molar-refractivity contribution < 1.29 is 13.9 Å². The lowest BCUT2D eigenvalue weighted by molar-refractivity contribution is 0.102. The maximum atomic E-state index is 13.4. The molecule has 0 aromatic heterocycles. The van der Waals surface area contributed by atoms with Crippen molar-refractivity contribution in [2.75, 3.05) is 18.2 Å². The van der Waals surface area contributed by atoms with E-state index in [4.69, 9.17) is 10.5 Å². The number of nitrogens with two attached hydrogens (primary N) is 1. The van der Waals surface area contributed by atoms with Crippen molar-refractivity contribution in [3.63, 3.8) is 0 Å². The SMILES string of the molecule is COc1ccc(C(=O)Nc2cc(Br)c(F)cc2C)c(N)c1. The van der Waals surface area contributed by atoms with Gasteiger partial charge < -0.3 is 15.8 Å². The minimum absolute atomic E-state index is 0.283. The number of hydrogen-bond donors (Lipinski definition) is 2. The number of benzene rings is 2. The Morgan fingerprint density at radius 2 is 2.05 bits per heavy atom. The van der Waals surface area contributed by atoms with Gasteiger partial charge in [0.15, 0.2) is 0 Å². The van der Waals surface area contributed by atoms with Crippen LogP contribution in [0.25, 0.3) is 0 Å². The summed E-state index contributed by atoms with van der Waals surface area (Å²) in [4.78, 5) is 12.2. The molecule has 3 N–H and O–H groups in total. The molecule has 0 aliphatic heterocycles. The standard InChI is InChI=1S/C15H14BrFN2O2/c1-8-5-12(17)11(16)7-14(8)19-15(20)10-4-3-9(21-2)6-13(10)18/h3-7H,18H2,1-2H3,(H,19,20). The van der Waals surface area contributed by atoms with Crippen molar-refractivity contribution in [1.82, 2.24) is 0 Å². The molecular formula is C15H14BrFN2O2. The van der Waals surface area contributed by atoms with Gasteiger partial charge in [0.2, 0.25) is 0 Å². The molecule has 0 saturated carbocycles.